The third-order valence-electron chi connectivity index (χ3n) is 9.32. The van der Waals surface area contributed by atoms with E-state index in [1.807, 2.05) is 32.2 Å². The van der Waals surface area contributed by atoms with Gasteiger partial charge in [0.25, 0.3) is 5.88 Å². The number of anilines is 2. The summed E-state index contributed by atoms with van der Waals surface area (Å²) in [5, 5.41) is 22.1. The molecule has 4 atom stereocenters. The highest BCUT2D eigenvalue weighted by Gasteiger charge is 2.32. The summed E-state index contributed by atoms with van der Waals surface area (Å²) in [5.41, 5.74) is 2.78. The van der Waals surface area contributed by atoms with Crippen LogP contribution in [0.4, 0.5) is 11.6 Å². The summed E-state index contributed by atoms with van der Waals surface area (Å²) < 4.78 is 27.5. The molecule has 1 aliphatic carbocycles. The molecule has 1 saturated carbocycles. The number of ether oxygens (including phenoxy) is 4. The van der Waals surface area contributed by atoms with Crippen LogP contribution in [0.3, 0.4) is 0 Å². The van der Waals surface area contributed by atoms with E-state index in [0.717, 1.165) is 62.0 Å². The second-order valence-corrected chi connectivity index (χ2v) is 13.5. The third-order valence-corrected chi connectivity index (χ3v) is 9.32. The van der Waals surface area contributed by atoms with Crippen LogP contribution in [0.2, 0.25) is 0 Å². The molecule has 0 bridgehead atoms. The summed E-state index contributed by atoms with van der Waals surface area (Å²) in [5.74, 6) is 1.43. The molecule has 0 radical (unpaired) electrons. The van der Waals surface area contributed by atoms with Crippen LogP contribution in [0.1, 0.15) is 71.4 Å². The lowest BCUT2D eigenvalue weighted by molar-refractivity contribution is -0.0852. The van der Waals surface area contributed by atoms with Crippen LogP contribution in [0.5, 0.6) is 11.6 Å². The van der Waals surface area contributed by atoms with Gasteiger partial charge >= 0.3 is 0 Å². The van der Waals surface area contributed by atoms with Crippen molar-refractivity contribution in [2.24, 2.45) is 0 Å². The van der Waals surface area contributed by atoms with E-state index in [1.165, 1.54) is 6.33 Å². The standard InChI is InChI=1S/C36H48N10O4/c1-24(12-13-47-5)50-35-33(21-46(43-35)32-10-8-31(9-11-32)44-18-25(2)48-26(3)19-44)42-36-39-16-30(17-40-36)28-6-7-29(15-37)34(14-28)49-27(4)20-45-23-38-22-41-45/h6-7,14,16-17,21-27,31-32H,8-13,18-20H2,1-5H3,(H,39,40,42)/t24-,25-,26+,27-,31-,32-/m0/s1. The maximum Gasteiger partial charge on any atom is 0.257 e. The monoisotopic (exact) mass is 684 g/mol. The minimum Gasteiger partial charge on any atom is -0.487 e. The number of aromatic nitrogens is 7. The molecular formula is C36H48N10O4. The summed E-state index contributed by atoms with van der Waals surface area (Å²) in [6, 6.07) is 8.53. The first-order valence-corrected chi connectivity index (χ1v) is 17.5. The summed E-state index contributed by atoms with van der Waals surface area (Å²) in [7, 11) is 1.69. The topological polar surface area (TPSA) is 150 Å². The van der Waals surface area contributed by atoms with Crippen LogP contribution in [0.15, 0.2) is 49.4 Å². The molecule has 14 nitrogen and oxygen atoms in total. The lowest BCUT2D eigenvalue weighted by atomic mass is 9.89. The second kappa shape index (κ2) is 16.4. The van der Waals surface area contributed by atoms with Gasteiger partial charge < -0.3 is 24.3 Å². The van der Waals surface area contributed by atoms with Gasteiger partial charge in [0.15, 0.2) is 0 Å². The SMILES string of the molecule is COCC[C@H](C)Oc1nn([C@H]2CC[C@H](N3C[C@@H](C)O[C@@H](C)C3)CC2)cc1Nc1ncc(-c2ccc(C#N)c(O[C@@H](C)Cn3cncn3)c2)cn1. The van der Waals surface area contributed by atoms with Gasteiger partial charge in [0.05, 0.1) is 42.7 Å². The smallest absolute Gasteiger partial charge is 0.257 e. The Morgan fingerprint density at radius 2 is 1.74 bits per heavy atom. The zero-order valence-electron chi connectivity index (χ0n) is 29.6. The molecule has 2 aliphatic rings. The zero-order chi connectivity index (χ0) is 35.0. The molecule has 0 unspecified atom stereocenters. The Labute approximate surface area is 293 Å². The molecule has 1 aromatic carbocycles. The predicted octanol–water partition coefficient (Wildman–Crippen LogP) is 5.41. The van der Waals surface area contributed by atoms with Gasteiger partial charge in [-0.3, -0.25) is 9.58 Å². The van der Waals surface area contributed by atoms with E-state index < -0.39 is 0 Å². The Hall–Kier alpha value is -4.58. The Morgan fingerprint density at radius 1 is 1.00 bits per heavy atom. The highest BCUT2D eigenvalue weighted by atomic mass is 16.5. The molecule has 266 valence electrons. The van der Waals surface area contributed by atoms with Gasteiger partial charge in [0.2, 0.25) is 5.95 Å². The Balaban J connectivity index is 1.14. The first-order valence-electron chi connectivity index (χ1n) is 17.5. The van der Waals surface area contributed by atoms with Crippen LogP contribution in [0, 0.1) is 11.3 Å². The molecule has 2 fully saturated rings. The van der Waals surface area contributed by atoms with Crippen molar-refractivity contribution in [1.29, 1.82) is 5.26 Å². The van der Waals surface area contributed by atoms with Crippen molar-refractivity contribution in [3.8, 4) is 28.8 Å². The maximum absolute atomic E-state index is 9.69. The van der Waals surface area contributed by atoms with Crippen molar-refractivity contribution in [3.63, 3.8) is 0 Å². The lowest BCUT2D eigenvalue weighted by Gasteiger charge is -2.42. The molecule has 3 aromatic heterocycles. The van der Waals surface area contributed by atoms with Crippen LogP contribution < -0.4 is 14.8 Å². The minimum atomic E-state index is -0.233. The number of rotatable bonds is 14. The van der Waals surface area contributed by atoms with Crippen molar-refractivity contribution in [2.75, 3.05) is 32.1 Å². The number of morpholine rings is 1. The summed E-state index contributed by atoms with van der Waals surface area (Å²) >= 11 is 0. The Morgan fingerprint density at radius 3 is 2.42 bits per heavy atom. The normalized spacial score (nSPS) is 22.4. The van der Waals surface area contributed by atoms with Crippen molar-refractivity contribution in [1.82, 2.24) is 39.4 Å². The summed E-state index contributed by atoms with van der Waals surface area (Å²) in [6.45, 7) is 11.4. The fourth-order valence-electron chi connectivity index (χ4n) is 6.87. The Bertz CT molecular complexity index is 1690. The average molecular weight is 685 g/mol. The average Bonchev–Trinajstić information content (AvgIpc) is 3.77. The van der Waals surface area contributed by atoms with E-state index in [9.17, 15) is 5.26 Å². The molecule has 1 saturated heterocycles. The largest absolute Gasteiger partial charge is 0.487 e. The molecule has 0 spiro atoms. The van der Waals surface area contributed by atoms with Gasteiger partial charge in [-0.25, -0.2) is 19.6 Å². The number of nitrogens with zero attached hydrogens (tertiary/aromatic N) is 9. The van der Waals surface area contributed by atoms with Gasteiger partial charge in [0.1, 0.15) is 36.3 Å². The van der Waals surface area contributed by atoms with Gasteiger partial charge in [-0.05, 0) is 71.1 Å². The predicted molar refractivity (Wildman–Crippen MR) is 187 cm³/mol. The first kappa shape index (κ1) is 35.3. The molecule has 4 aromatic rings. The van der Waals surface area contributed by atoms with Gasteiger partial charge in [0, 0.05) is 57.2 Å². The van der Waals surface area contributed by atoms with Crippen LogP contribution in [-0.2, 0) is 16.0 Å². The number of nitrogens with one attached hydrogen (secondary N) is 1. The fourth-order valence-corrected chi connectivity index (χ4v) is 6.87. The number of nitriles is 1. The number of benzene rings is 1. The molecule has 1 aliphatic heterocycles. The number of hydrogen-bond acceptors (Lipinski definition) is 12. The van der Waals surface area contributed by atoms with Gasteiger partial charge in [-0.15, -0.1) is 5.10 Å². The Kier molecular flexibility index (Phi) is 11.6. The highest BCUT2D eigenvalue weighted by molar-refractivity contribution is 5.67. The summed E-state index contributed by atoms with van der Waals surface area (Å²) in [4.78, 5) is 15.8. The molecule has 0 amide bonds. The van der Waals surface area contributed by atoms with Crippen molar-refractivity contribution < 1.29 is 18.9 Å². The van der Waals surface area contributed by atoms with E-state index in [0.29, 0.717) is 42.3 Å². The van der Waals surface area contributed by atoms with Crippen LogP contribution in [-0.4, -0.2) is 96.7 Å². The molecule has 50 heavy (non-hydrogen) atoms. The quantitative estimate of drug-likeness (QED) is 0.181. The van der Waals surface area contributed by atoms with Gasteiger partial charge in [-0.1, -0.05) is 6.07 Å². The molecular weight excluding hydrogens is 636 g/mol. The molecule has 1 N–H and O–H groups in total. The highest BCUT2D eigenvalue weighted by Crippen LogP contribution is 2.36. The summed E-state index contributed by atoms with van der Waals surface area (Å²) in [6.07, 6.45) is 13.9. The van der Waals surface area contributed by atoms with E-state index in [4.69, 9.17) is 24.0 Å². The van der Waals surface area contributed by atoms with E-state index in [1.54, 1.807) is 36.6 Å². The zero-order valence-corrected chi connectivity index (χ0v) is 29.6. The lowest BCUT2D eigenvalue weighted by Crippen LogP contribution is -2.51. The molecule has 14 heteroatoms. The van der Waals surface area contributed by atoms with Crippen molar-refractivity contribution in [3.05, 3.63) is 55.0 Å². The second-order valence-electron chi connectivity index (χ2n) is 13.5. The van der Waals surface area contributed by atoms with E-state index in [-0.39, 0.29) is 30.5 Å². The number of methoxy groups -OCH3 is 1. The van der Waals surface area contributed by atoms with Crippen LogP contribution in [0.25, 0.3) is 11.1 Å². The van der Waals surface area contributed by atoms with Crippen molar-refractivity contribution >= 4 is 11.6 Å². The minimum absolute atomic E-state index is 0.0880. The number of hydrogen-bond donors (Lipinski definition) is 1. The maximum atomic E-state index is 9.69. The fraction of sp³-hybridized carbons (Fsp3) is 0.556. The van der Waals surface area contributed by atoms with Crippen molar-refractivity contribution in [2.45, 2.75) is 103 Å². The van der Waals surface area contributed by atoms with Crippen LogP contribution >= 0.6 is 0 Å². The molecule has 4 heterocycles. The molecule has 6 rings (SSSR count). The first-order chi connectivity index (χ1) is 24.3. The third kappa shape index (κ3) is 8.95. The van der Waals surface area contributed by atoms with Gasteiger partial charge in [-0.2, -0.15) is 10.4 Å². The van der Waals surface area contributed by atoms with E-state index >= 15 is 0 Å². The van der Waals surface area contributed by atoms with E-state index in [2.05, 4.69) is 54.9 Å².